The van der Waals surface area contributed by atoms with Gasteiger partial charge in [-0.15, -0.1) is 0 Å². The summed E-state index contributed by atoms with van der Waals surface area (Å²) >= 11 is 0. The molecule has 0 aromatic carbocycles. The molecule has 7 heteroatoms. The SMILES string of the molecule is CC(O)(O)C(O)OC(O)C(C)(O)O. The molecule has 13 heavy (non-hydrogen) atoms. The molecular weight excluding hydrogens is 184 g/mol. The molecule has 7 nitrogen and oxygen atoms in total. The first-order valence-electron chi connectivity index (χ1n) is 3.46. The second kappa shape index (κ2) is 3.84. The Morgan fingerprint density at radius 3 is 1.23 bits per heavy atom. The van der Waals surface area contributed by atoms with Crippen molar-refractivity contribution in [2.24, 2.45) is 0 Å². The van der Waals surface area contributed by atoms with E-state index in [2.05, 4.69) is 4.74 Å². The van der Waals surface area contributed by atoms with Gasteiger partial charge >= 0.3 is 0 Å². The minimum atomic E-state index is -2.59. The van der Waals surface area contributed by atoms with Crippen molar-refractivity contribution in [2.75, 3.05) is 0 Å². The summed E-state index contributed by atoms with van der Waals surface area (Å²) in [6.45, 7) is 1.60. The van der Waals surface area contributed by atoms with Crippen LogP contribution in [-0.2, 0) is 4.74 Å². The van der Waals surface area contributed by atoms with Crippen LogP contribution in [0, 0.1) is 0 Å². The fourth-order valence-corrected chi connectivity index (χ4v) is 0.380. The number of hydrogen-bond donors (Lipinski definition) is 6. The van der Waals surface area contributed by atoms with Crippen molar-refractivity contribution < 1.29 is 35.4 Å². The third-order valence-corrected chi connectivity index (χ3v) is 1.19. The highest BCUT2D eigenvalue weighted by Crippen LogP contribution is 2.13. The first-order chi connectivity index (χ1) is 5.55. The van der Waals surface area contributed by atoms with E-state index in [0.29, 0.717) is 0 Å². The van der Waals surface area contributed by atoms with E-state index < -0.39 is 24.2 Å². The van der Waals surface area contributed by atoms with Gasteiger partial charge in [0.05, 0.1) is 0 Å². The summed E-state index contributed by atoms with van der Waals surface area (Å²) < 4.78 is 4.09. The quantitative estimate of drug-likeness (QED) is 0.266. The fraction of sp³-hybridized carbons (Fsp3) is 1.00. The standard InChI is InChI=1S/C6H14O7/c1-5(9,10)3(7)13-4(8)6(2,11)12/h3-4,7-12H,1-2H3. The second-order valence-electron chi connectivity index (χ2n) is 3.03. The van der Waals surface area contributed by atoms with Gasteiger partial charge in [0.1, 0.15) is 0 Å². The highest BCUT2D eigenvalue weighted by Gasteiger charge is 2.36. The van der Waals surface area contributed by atoms with Crippen LogP contribution in [0.2, 0.25) is 0 Å². The van der Waals surface area contributed by atoms with Gasteiger partial charge in [0.15, 0.2) is 0 Å². The molecule has 80 valence electrons. The summed E-state index contributed by atoms with van der Waals surface area (Å²) in [6, 6.07) is 0. The molecule has 0 rings (SSSR count). The molecule has 0 aromatic heterocycles. The van der Waals surface area contributed by atoms with Crippen LogP contribution in [0.4, 0.5) is 0 Å². The molecule has 0 heterocycles. The molecule has 0 fully saturated rings. The molecule has 2 unspecified atom stereocenters. The van der Waals surface area contributed by atoms with Crippen LogP contribution < -0.4 is 0 Å². The van der Waals surface area contributed by atoms with Gasteiger partial charge in [-0.05, 0) is 13.8 Å². The molecule has 0 radical (unpaired) electrons. The molecule has 0 aliphatic heterocycles. The Morgan fingerprint density at radius 2 is 1.08 bits per heavy atom. The van der Waals surface area contributed by atoms with Crippen molar-refractivity contribution >= 4 is 0 Å². The lowest BCUT2D eigenvalue weighted by Crippen LogP contribution is -2.49. The Kier molecular flexibility index (Phi) is 3.76. The second-order valence-corrected chi connectivity index (χ2v) is 3.03. The molecule has 0 bridgehead atoms. The van der Waals surface area contributed by atoms with Crippen molar-refractivity contribution in [3.8, 4) is 0 Å². The predicted octanol–water partition coefficient (Wildman–Crippen LogP) is -2.96. The number of aliphatic hydroxyl groups excluding tert-OH is 2. The number of rotatable bonds is 4. The zero-order valence-electron chi connectivity index (χ0n) is 7.25. The average molecular weight is 198 g/mol. The first-order valence-corrected chi connectivity index (χ1v) is 3.46. The van der Waals surface area contributed by atoms with Crippen LogP contribution in [0.1, 0.15) is 13.8 Å². The molecule has 0 aliphatic carbocycles. The summed E-state index contributed by atoms with van der Waals surface area (Å²) in [5.74, 6) is -5.18. The average Bonchev–Trinajstić information content (AvgIpc) is 1.82. The van der Waals surface area contributed by atoms with E-state index in [-0.39, 0.29) is 0 Å². The van der Waals surface area contributed by atoms with E-state index in [4.69, 9.17) is 30.6 Å². The molecule has 6 N–H and O–H groups in total. The molecule has 0 saturated carbocycles. The smallest absolute Gasteiger partial charge is 0.212 e. The molecule has 0 aliphatic rings. The Labute approximate surface area is 74.4 Å². The van der Waals surface area contributed by atoms with Gasteiger partial charge in [0, 0.05) is 0 Å². The monoisotopic (exact) mass is 198 g/mol. The summed E-state index contributed by atoms with van der Waals surface area (Å²) in [4.78, 5) is 0. The molecule has 0 amide bonds. The van der Waals surface area contributed by atoms with Crippen molar-refractivity contribution in [3.63, 3.8) is 0 Å². The molecular formula is C6H14O7. The highest BCUT2D eigenvalue weighted by atomic mass is 16.7. The van der Waals surface area contributed by atoms with Gasteiger partial charge in [-0.25, -0.2) is 0 Å². The van der Waals surface area contributed by atoms with E-state index >= 15 is 0 Å². The normalized spacial score (nSPS) is 18.5. The number of ether oxygens (including phenoxy) is 1. The fourth-order valence-electron chi connectivity index (χ4n) is 0.380. The summed E-state index contributed by atoms with van der Waals surface area (Å²) in [5, 5.41) is 52.5. The van der Waals surface area contributed by atoms with Crippen LogP contribution in [0.3, 0.4) is 0 Å². The van der Waals surface area contributed by atoms with Gasteiger partial charge in [-0.1, -0.05) is 0 Å². The van der Waals surface area contributed by atoms with Crippen LogP contribution in [0.15, 0.2) is 0 Å². The topological polar surface area (TPSA) is 131 Å². The lowest BCUT2D eigenvalue weighted by atomic mass is 10.3. The van der Waals surface area contributed by atoms with Crippen LogP contribution >= 0.6 is 0 Å². The van der Waals surface area contributed by atoms with Gasteiger partial charge in [-0.2, -0.15) is 0 Å². The Bertz CT molecular complexity index is 137. The zero-order valence-corrected chi connectivity index (χ0v) is 7.25. The lowest BCUT2D eigenvalue weighted by molar-refractivity contribution is -0.377. The maximum atomic E-state index is 8.82. The zero-order chi connectivity index (χ0) is 10.9. The van der Waals surface area contributed by atoms with Gasteiger partial charge < -0.3 is 35.4 Å². The minimum Gasteiger partial charge on any atom is -0.364 e. The number of hydrogen-bond acceptors (Lipinski definition) is 7. The predicted molar refractivity (Wildman–Crippen MR) is 38.8 cm³/mol. The maximum Gasteiger partial charge on any atom is 0.212 e. The van der Waals surface area contributed by atoms with Gasteiger partial charge in [0.2, 0.25) is 24.2 Å². The summed E-state index contributed by atoms with van der Waals surface area (Å²) in [6.07, 6.45) is -4.30. The van der Waals surface area contributed by atoms with Crippen LogP contribution in [-0.4, -0.2) is 54.8 Å². The Hall–Kier alpha value is -0.280. The van der Waals surface area contributed by atoms with Gasteiger partial charge in [-0.3, -0.25) is 0 Å². The van der Waals surface area contributed by atoms with E-state index in [1.807, 2.05) is 0 Å². The van der Waals surface area contributed by atoms with Crippen molar-refractivity contribution in [1.29, 1.82) is 0 Å². The summed E-state index contributed by atoms with van der Waals surface area (Å²) in [5.41, 5.74) is 0. The third kappa shape index (κ3) is 4.48. The largest absolute Gasteiger partial charge is 0.364 e. The van der Waals surface area contributed by atoms with E-state index in [0.717, 1.165) is 13.8 Å². The van der Waals surface area contributed by atoms with Crippen LogP contribution in [0.25, 0.3) is 0 Å². The minimum absolute atomic E-state index is 0.802. The molecule has 0 saturated heterocycles. The Morgan fingerprint density at radius 1 is 0.846 bits per heavy atom. The van der Waals surface area contributed by atoms with Crippen molar-refractivity contribution in [2.45, 2.75) is 38.0 Å². The van der Waals surface area contributed by atoms with E-state index in [1.165, 1.54) is 0 Å². The Balaban J connectivity index is 4.15. The molecule has 0 aromatic rings. The van der Waals surface area contributed by atoms with E-state index in [9.17, 15) is 0 Å². The maximum absolute atomic E-state index is 8.82. The number of aliphatic hydroxyl groups is 6. The van der Waals surface area contributed by atoms with E-state index in [1.54, 1.807) is 0 Å². The molecule has 0 spiro atoms. The third-order valence-electron chi connectivity index (χ3n) is 1.19. The first kappa shape index (κ1) is 12.7. The lowest BCUT2D eigenvalue weighted by Gasteiger charge is -2.29. The molecule has 2 atom stereocenters. The van der Waals surface area contributed by atoms with Crippen LogP contribution in [0.5, 0.6) is 0 Å². The summed E-state index contributed by atoms with van der Waals surface area (Å²) in [7, 11) is 0. The van der Waals surface area contributed by atoms with Gasteiger partial charge in [0.25, 0.3) is 0 Å². The van der Waals surface area contributed by atoms with Crippen molar-refractivity contribution in [3.05, 3.63) is 0 Å². The highest BCUT2D eigenvalue weighted by molar-refractivity contribution is 4.65. The van der Waals surface area contributed by atoms with Crippen molar-refractivity contribution in [1.82, 2.24) is 0 Å².